The highest BCUT2D eigenvalue weighted by molar-refractivity contribution is 9.10. The Bertz CT molecular complexity index is 931. The zero-order valence-electron chi connectivity index (χ0n) is 14.6. The molecule has 1 aliphatic rings. The van der Waals surface area contributed by atoms with Gasteiger partial charge in [-0.05, 0) is 60.1 Å². The van der Waals surface area contributed by atoms with E-state index in [1.165, 1.54) is 0 Å². The molecule has 132 valence electrons. The number of hydrogen-bond acceptors (Lipinski definition) is 3. The van der Waals surface area contributed by atoms with E-state index >= 15 is 0 Å². The first-order valence-electron chi connectivity index (χ1n) is 9.06. The first-order chi connectivity index (χ1) is 12.8. The van der Waals surface area contributed by atoms with Crippen molar-refractivity contribution in [3.05, 3.63) is 64.8 Å². The number of fused-ring (bicyclic) bond motifs is 1. The van der Waals surface area contributed by atoms with E-state index in [1.54, 1.807) is 0 Å². The maximum Gasteiger partial charge on any atom is 0.171 e. The van der Waals surface area contributed by atoms with Crippen LogP contribution in [0.15, 0.2) is 53.4 Å². The number of imidazole rings is 1. The van der Waals surface area contributed by atoms with E-state index in [1.807, 2.05) is 30.5 Å². The number of halogens is 1. The third-order valence-corrected chi connectivity index (χ3v) is 5.43. The van der Waals surface area contributed by atoms with Gasteiger partial charge in [0.05, 0.1) is 0 Å². The van der Waals surface area contributed by atoms with Crippen LogP contribution in [0.3, 0.4) is 0 Å². The predicted molar refractivity (Wildman–Crippen MR) is 107 cm³/mol. The van der Waals surface area contributed by atoms with E-state index in [-0.39, 0.29) is 0 Å². The van der Waals surface area contributed by atoms with Gasteiger partial charge in [-0.15, -0.1) is 0 Å². The topological polar surface area (TPSA) is 33.4 Å². The Kier molecular flexibility index (Phi) is 5.33. The highest BCUT2D eigenvalue weighted by Crippen LogP contribution is 2.30. The van der Waals surface area contributed by atoms with Crippen LogP contribution in [0.4, 0.5) is 0 Å². The zero-order chi connectivity index (χ0) is 17.8. The molecule has 0 radical (unpaired) electrons. The van der Waals surface area contributed by atoms with Crippen molar-refractivity contribution in [3.8, 4) is 11.8 Å². The quantitative estimate of drug-likeness (QED) is 0.611. The third-order valence-electron chi connectivity index (χ3n) is 4.90. The Morgan fingerprint density at radius 1 is 1.12 bits per heavy atom. The Morgan fingerprint density at radius 3 is 2.73 bits per heavy atom. The van der Waals surface area contributed by atoms with Gasteiger partial charge >= 0.3 is 0 Å². The van der Waals surface area contributed by atoms with Gasteiger partial charge in [0.25, 0.3) is 0 Å². The molecule has 0 unspecified atom stereocenters. The fraction of sp³-hybridized carbons (Fsp3) is 0.333. The zero-order valence-corrected chi connectivity index (χ0v) is 16.2. The smallest absolute Gasteiger partial charge is 0.171 e. The number of aromatic nitrogens is 3. The first kappa shape index (κ1) is 17.3. The molecule has 0 atom stereocenters. The van der Waals surface area contributed by atoms with Gasteiger partial charge in [0, 0.05) is 36.8 Å². The fourth-order valence-corrected chi connectivity index (χ4v) is 3.99. The van der Waals surface area contributed by atoms with Crippen LogP contribution >= 0.6 is 15.9 Å². The number of piperidine rings is 1. The molecular weight excluding hydrogens is 388 g/mol. The van der Waals surface area contributed by atoms with Crippen LogP contribution in [0.1, 0.15) is 36.6 Å². The molecule has 0 bridgehead atoms. The standard InChI is InChI=1S/C21H21BrN4/c22-19-21-23-12-6-14-26(21)20(24-19)18-10-15-25(16-11-18)13-5-4-9-17-7-2-1-3-8-17/h1-3,6-8,12,14,18H,5,10-11,13,15-16H2. The molecule has 3 heterocycles. The predicted octanol–water partition coefficient (Wildman–Crippen LogP) is 4.11. The fourth-order valence-electron chi connectivity index (χ4n) is 3.52. The molecule has 1 saturated heterocycles. The van der Waals surface area contributed by atoms with Gasteiger partial charge in [0.15, 0.2) is 10.3 Å². The summed E-state index contributed by atoms with van der Waals surface area (Å²) in [5, 5.41) is 0. The summed E-state index contributed by atoms with van der Waals surface area (Å²) in [5.41, 5.74) is 2.00. The van der Waals surface area contributed by atoms with Crippen molar-refractivity contribution in [2.24, 2.45) is 0 Å². The highest BCUT2D eigenvalue weighted by atomic mass is 79.9. The number of likely N-dealkylation sites (tertiary alicyclic amines) is 1. The summed E-state index contributed by atoms with van der Waals surface area (Å²) in [6, 6.07) is 12.2. The van der Waals surface area contributed by atoms with E-state index in [0.29, 0.717) is 5.92 Å². The Hall–Kier alpha value is -2.16. The minimum atomic E-state index is 0.490. The van der Waals surface area contributed by atoms with Crippen LogP contribution in [-0.2, 0) is 0 Å². The third kappa shape index (κ3) is 3.82. The summed E-state index contributed by atoms with van der Waals surface area (Å²) in [7, 11) is 0. The van der Waals surface area contributed by atoms with Gasteiger partial charge in [0.1, 0.15) is 5.82 Å². The number of nitrogens with zero attached hydrogens (tertiary/aromatic N) is 4. The van der Waals surface area contributed by atoms with Crippen LogP contribution in [0.5, 0.6) is 0 Å². The molecule has 1 aliphatic heterocycles. The summed E-state index contributed by atoms with van der Waals surface area (Å²) in [4.78, 5) is 11.7. The summed E-state index contributed by atoms with van der Waals surface area (Å²) in [5.74, 6) is 8.16. The normalized spacial score (nSPS) is 15.7. The molecule has 26 heavy (non-hydrogen) atoms. The average Bonchev–Trinajstić information content (AvgIpc) is 3.04. The van der Waals surface area contributed by atoms with Gasteiger partial charge in [-0.3, -0.25) is 4.40 Å². The van der Waals surface area contributed by atoms with Crippen molar-refractivity contribution in [3.63, 3.8) is 0 Å². The molecule has 0 saturated carbocycles. The highest BCUT2D eigenvalue weighted by Gasteiger charge is 2.24. The Labute approximate surface area is 162 Å². The van der Waals surface area contributed by atoms with Crippen LogP contribution in [0, 0.1) is 11.8 Å². The second-order valence-electron chi connectivity index (χ2n) is 6.61. The summed E-state index contributed by atoms with van der Waals surface area (Å²) < 4.78 is 2.96. The first-order valence-corrected chi connectivity index (χ1v) is 9.85. The van der Waals surface area contributed by atoms with E-state index in [2.05, 4.69) is 60.4 Å². The van der Waals surface area contributed by atoms with Crippen molar-refractivity contribution in [2.45, 2.75) is 25.2 Å². The van der Waals surface area contributed by atoms with E-state index in [9.17, 15) is 0 Å². The second kappa shape index (κ2) is 8.03. The lowest BCUT2D eigenvalue weighted by atomic mass is 9.96. The molecule has 4 nitrogen and oxygen atoms in total. The maximum atomic E-state index is 4.72. The van der Waals surface area contributed by atoms with Gasteiger partial charge in [0.2, 0.25) is 0 Å². The monoisotopic (exact) mass is 408 g/mol. The van der Waals surface area contributed by atoms with Crippen molar-refractivity contribution < 1.29 is 0 Å². The summed E-state index contributed by atoms with van der Waals surface area (Å²) in [6.45, 7) is 3.25. The maximum absolute atomic E-state index is 4.72. The lowest BCUT2D eigenvalue weighted by Gasteiger charge is -2.30. The van der Waals surface area contributed by atoms with Crippen LogP contribution in [0.25, 0.3) is 5.65 Å². The van der Waals surface area contributed by atoms with Gasteiger partial charge in [-0.2, -0.15) is 0 Å². The molecule has 0 aliphatic carbocycles. The average molecular weight is 409 g/mol. The van der Waals surface area contributed by atoms with E-state index in [0.717, 1.165) is 60.5 Å². The van der Waals surface area contributed by atoms with Crippen molar-refractivity contribution >= 4 is 21.6 Å². The molecule has 5 heteroatoms. The molecule has 0 spiro atoms. The van der Waals surface area contributed by atoms with Crippen LogP contribution < -0.4 is 0 Å². The molecule has 4 rings (SSSR count). The van der Waals surface area contributed by atoms with Crippen LogP contribution in [-0.4, -0.2) is 38.9 Å². The number of benzene rings is 1. The minimum Gasteiger partial charge on any atom is -0.302 e. The molecule has 1 fully saturated rings. The van der Waals surface area contributed by atoms with E-state index < -0.39 is 0 Å². The van der Waals surface area contributed by atoms with E-state index in [4.69, 9.17) is 4.98 Å². The molecule has 3 aromatic rings. The summed E-state index contributed by atoms with van der Waals surface area (Å²) in [6.07, 6.45) is 7.05. The van der Waals surface area contributed by atoms with Gasteiger partial charge in [-0.1, -0.05) is 30.0 Å². The summed E-state index contributed by atoms with van der Waals surface area (Å²) >= 11 is 3.54. The minimum absolute atomic E-state index is 0.490. The van der Waals surface area contributed by atoms with Gasteiger partial charge < -0.3 is 4.90 Å². The van der Waals surface area contributed by atoms with Gasteiger partial charge in [-0.25, -0.2) is 9.97 Å². The lowest BCUT2D eigenvalue weighted by molar-refractivity contribution is 0.213. The lowest BCUT2D eigenvalue weighted by Crippen LogP contribution is -2.34. The Morgan fingerprint density at radius 2 is 1.92 bits per heavy atom. The second-order valence-corrected chi connectivity index (χ2v) is 7.36. The van der Waals surface area contributed by atoms with Crippen molar-refractivity contribution in [2.75, 3.05) is 19.6 Å². The van der Waals surface area contributed by atoms with Crippen LogP contribution in [0.2, 0.25) is 0 Å². The number of hydrogen-bond donors (Lipinski definition) is 0. The molecule has 2 aromatic heterocycles. The molecular formula is C21H21BrN4. The molecule has 0 N–H and O–H groups in total. The SMILES string of the molecule is Brc1nc(C2CCN(CCC#Cc3ccccc3)CC2)n2cccnc12. The largest absolute Gasteiger partial charge is 0.302 e. The van der Waals surface area contributed by atoms with Crippen molar-refractivity contribution in [1.82, 2.24) is 19.3 Å². The number of rotatable bonds is 3. The van der Waals surface area contributed by atoms with Crippen molar-refractivity contribution in [1.29, 1.82) is 0 Å². The molecule has 0 amide bonds. The molecule has 1 aromatic carbocycles. The Balaban J connectivity index is 1.32.